The summed E-state index contributed by atoms with van der Waals surface area (Å²) in [7, 11) is 0. The number of hydrogen-bond donors (Lipinski definition) is 2. The summed E-state index contributed by atoms with van der Waals surface area (Å²) in [5.41, 5.74) is 6.17. The molecule has 0 radical (unpaired) electrons. The molecule has 0 saturated heterocycles. The van der Waals surface area contributed by atoms with E-state index in [0.717, 1.165) is 12.6 Å². The van der Waals surface area contributed by atoms with Crippen LogP contribution in [0.4, 0.5) is 8.78 Å². The van der Waals surface area contributed by atoms with E-state index in [0.29, 0.717) is 25.1 Å². The number of hydrogen-bond acceptors (Lipinski definition) is 2. The zero-order chi connectivity index (χ0) is 12.9. The van der Waals surface area contributed by atoms with Crippen molar-refractivity contribution >= 4 is 0 Å². The molecule has 0 amide bonds. The molecule has 3 N–H and O–H groups in total. The molecule has 0 aliphatic carbocycles. The van der Waals surface area contributed by atoms with E-state index >= 15 is 0 Å². The third-order valence-electron chi connectivity index (χ3n) is 2.74. The summed E-state index contributed by atoms with van der Waals surface area (Å²) >= 11 is 0. The zero-order valence-electron chi connectivity index (χ0n) is 10.4. The zero-order valence-corrected chi connectivity index (χ0v) is 10.4. The molecule has 0 saturated carbocycles. The molecule has 0 bridgehead atoms. The van der Waals surface area contributed by atoms with E-state index in [1.807, 2.05) is 0 Å². The van der Waals surface area contributed by atoms with Crippen LogP contribution in [-0.2, 0) is 6.42 Å². The second-order valence-electron chi connectivity index (χ2n) is 5.03. The van der Waals surface area contributed by atoms with Gasteiger partial charge in [-0.05, 0) is 36.6 Å². The molecule has 1 rings (SSSR count). The molecule has 0 heterocycles. The first-order valence-electron chi connectivity index (χ1n) is 5.79. The Morgan fingerprint density at radius 2 is 2.00 bits per heavy atom. The first kappa shape index (κ1) is 14.1. The molecule has 0 atom stereocenters. The molecule has 0 spiro atoms. The van der Waals surface area contributed by atoms with Crippen LogP contribution in [0.1, 0.15) is 19.4 Å². The van der Waals surface area contributed by atoms with Gasteiger partial charge in [-0.15, -0.1) is 0 Å². The van der Waals surface area contributed by atoms with Crippen molar-refractivity contribution in [3.8, 4) is 0 Å². The van der Waals surface area contributed by atoms with Gasteiger partial charge in [0.25, 0.3) is 0 Å². The molecule has 1 aromatic rings. The fourth-order valence-electron chi connectivity index (χ4n) is 1.45. The van der Waals surface area contributed by atoms with Gasteiger partial charge in [0.05, 0.1) is 0 Å². The van der Waals surface area contributed by atoms with E-state index in [1.54, 1.807) is 0 Å². The number of nitrogens with two attached hydrogens (primary N) is 1. The Morgan fingerprint density at radius 1 is 1.29 bits per heavy atom. The maximum Gasteiger partial charge on any atom is 0.129 e. The molecule has 2 nitrogen and oxygen atoms in total. The molecule has 0 aliphatic rings. The van der Waals surface area contributed by atoms with Gasteiger partial charge in [0.15, 0.2) is 0 Å². The normalized spacial score (nSPS) is 11.8. The van der Waals surface area contributed by atoms with Gasteiger partial charge in [-0.3, -0.25) is 0 Å². The van der Waals surface area contributed by atoms with Crippen LogP contribution in [0.25, 0.3) is 0 Å². The SMILES string of the molecule is CC(C)(CN)CNCCc1ccc(F)cc1F. The summed E-state index contributed by atoms with van der Waals surface area (Å²) in [5, 5.41) is 3.23. The van der Waals surface area contributed by atoms with Gasteiger partial charge in [0, 0.05) is 12.6 Å². The Morgan fingerprint density at radius 3 is 2.59 bits per heavy atom. The molecular formula is C13H20F2N2. The third kappa shape index (κ3) is 4.79. The van der Waals surface area contributed by atoms with E-state index in [1.165, 1.54) is 12.1 Å². The van der Waals surface area contributed by atoms with Crippen molar-refractivity contribution in [3.63, 3.8) is 0 Å². The Balaban J connectivity index is 2.36. The lowest BCUT2D eigenvalue weighted by molar-refractivity contribution is 0.353. The highest BCUT2D eigenvalue weighted by molar-refractivity contribution is 5.18. The number of benzene rings is 1. The van der Waals surface area contributed by atoms with Gasteiger partial charge in [0.1, 0.15) is 11.6 Å². The molecule has 4 heteroatoms. The van der Waals surface area contributed by atoms with Crippen LogP contribution in [0.2, 0.25) is 0 Å². The first-order valence-corrected chi connectivity index (χ1v) is 5.79. The Kier molecular flexibility index (Phi) is 5.02. The van der Waals surface area contributed by atoms with Crippen molar-refractivity contribution in [1.29, 1.82) is 0 Å². The highest BCUT2D eigenvalue weighted by atomic mass is 19.1. The minimum absolute atomic E-state index is 0.0430. The molecule has 0 unspecified atom stereocenters. The van der Waals surface area contributed by atoms with Crippen molar-refractivity contribution in [1.82, 2.24) is 5.32 Å². The minimum Gasteiger partial charge on any atom is -0.330 e. The summed E-state index contributed by atoms with van der Waals surface area (Å²) in [5.74, 6) is -1.02. The average molecular weight is 242 g/mol. The number of rotatable bonds is 6. The van der Waals surface area contributed by atoms with Crippen molar-refractivity contribution in [2.75, 3.05) is 19.6 Å². The second-order valence-corrected chi connectivity index (χ2v) is 5.03. The van der Waals surface area contributed by atoms with Crippen molar-refractivity contribution in [3.05, 3.63) is 35.4 Å². The van der Waals surface area contributed by atoms with E-state index in [4.69, 9.17) is 5.73 Å². The molecule has 0 aromatic heterocycles. The van der Waals surface area contributed by atoms with Gasteiger partial charge in [-0.25, -0.2) is 8.78 Å². The maximum absolute atomic E-state index is 13.3. The lowest BCUT2D eigenvalue weighted by Gasteiger charge is -2.22. The van der Waals surface area contributed by atoms with Crippen LogP contribution in [0.5, 0.6) is 0 Å². The fourth-order valence-corrected chi connectivity index (χ4v) is 1.45. The van der Waals surface area contributed by atoms with Gasteiger partial charge in [-0.2, -0.15) is 0 Å². The third-order valence-corrected chi connectivity index (χ3v) is 2.74. The van der Waals surface area contributed by atoms with Crippen molar-refractivity contribution in [2.24, 2.45) is 11.1 Å². The van der Waals surface area contributed by atoms with Gasteiger partial charge in [0.2, 0.25) is 0 Å². The topological polar surface area (TPSA) is 38.0 Å². The monoisotopic (exact) mass is 242 g/mol. The van der Waals surface area contributed by atoms with E-state index in [-0.39, 0.29) is 5.41 Å². The van der Waals surface area contributed by atoms with Crippen LogP contribution in [0.3, 0.4) is 0 Å². The maximum atomic E-state index is 13.3. The van der Waals surface area contributed by atoms with Gasteiger partial charge >= 0.3 is 0 Å². The Labute approximate surface area is 101 Å². The summed E-state index contributed by atoms with van der Waals surface area (Å²) in [4.78, 5) is 0. The van der Waals surface area contributed by atoms with E-state index in [9.17, 15) is 8.78 Å². The predicted octanol–water partition coefficient (Wildman–Crippen LogP) is 2.08. The van der Waals surface area contributed by atoms with Gasteiger partial charge in [-0.1, -0.05) is 19.9 Å². The fraction of sp³-hybridized carbons (Fsp3) is 0.538. The average Bonchev–Trinajstić information content (AvgIpc) is 2.27. The molecule has 17 heavy (non-hydrogen) atoms. The first-order chi connectivity index (χ1) is 7.94. The summed E-state index contributed by atoms with van der Waals surface area (Å²) < 4.78 is 26.0. The van der Waals surface area contributed by atoms with Crippen LogP contribution < -0.4 is 11.1 Å². The van der Waals surface area contributed by atoms with Crippen LogP contribution >= 0.6 is 0 Å². The quantitative estimate of drug-likeness (QED) is 0.750. The smallest absolute Gasteiger partial charge is 0.129 e. The standard InChI is InChI=1S/C13H20F2N2/c1-13(2,8-16)9-17-6-5-10-3-4-11(14)7-12(10)15/h3-4,7,17H,5-6,8-9,16H2,1-2H3. The largest absolute Gasteiger partial charge is 0.330 e. The van der Waals surface area contributed by atoms with Crippen molar-refractivity contribution in [2.45, 2.75) is 20.3 Å². The summed E-state index contributed by atoms with van der Waals surface area (Å²) in [6.45, 7) is 6.18. The highest BCUT2D eigenvalue weighted by Gasteiger charge is 2.14. The molecule has 96 valence electrons. The van der Waals surface area contributed by atoms with Crippen LogP contribution in [0.15, 0.2) is 18.2 Å². The summed E-state index contributed by atoms with van der Waals surface area (Å²) in [6, 6.07) is 3.68. The minimum atomic E-state index is -0.538. The van der Waals surface area contributed by atoms with Crippen molar-refractivity contribution < 1.29 is 8.78 Å². The Hall–Kier alpha value is -1.00. The highest BCUT2D eigenvalue weighted by Crippen LogP contribution is 2.11. The lowest BCUT2D eigenvalue weighted by atomic mass is 9.94. The number of nitrogens with one attached hydrogen (secondary N) is 1. The molecule has 0 fully saturated rings. The lowest BCUT2D eigenvalue weighted by Crippen LogP contribution is -2.36. The molecular weight excluding hydrogens is 222 g/mol. The van der Waals surface area contributed by atoms with Crippen LogP contribution in [-0.4, -0.2) is 19.6 Å². The molecule has 0 aliphatic heterocycles. The van der Waals surface area contributed by atoms with E-state index in [2.05, 4.69) is 19.2 Å². The second kappa shape index (κ2) is 6.07. The van der Waals surface area contributed by atoms with E-state index < -0.39 is 11.6 Å². The summed E-state index contributed by atoms with van der Waals surface area (Å²) in [6.07, 6.45) is 0.548. The van der Waals surface area contributed by atoms with Crippen LogP contribution in [0, 0.1) is 17.0 Å². The predicted molar refractivity (Wildman–Crippen MR) is 65.8 cm³/mol. The molecule has 1 aromatic carbocycles. The Bertz CT molecular complexity index is 364. The number of halogens is 2. The van der Waals surface area contributed by atoms with Gasteiger partial charge < -0.3 is 11.1 Å².